The second kappa shape index (κ2) is 7.59. The van der Waals surface area contributed by atoms with Crippen LogP contribution >= 0.6 is 0 Å². The third-order valence-electron chi connectivity index (χ3n) is 4.17. The zero-order chi connectivity index (χ0) is 14.4. The first-order valence-corrected chi connectivity index (χ1v) is 7.72. The van der Waals surface area contributed by atoms with E-state index in [2.05, 4.69) is 20.9 Å². The van der Waals surface area contributed by atoms with E-state index in [1.807, 2.05) is 6.92 Å². The second-order valence-electron chi connectivity index (χ2n) is 5.75. The van der Waals surface area contributed by atoms with Gasteiger partial charge in [0, 0.05) is 19.1 Å². The Bertz CT molecular complexity index is 342. The topological polar surface area (TPSA) is 73.5 Å². The van der Waals surface area contributed by atoms with Crippen molar-refractivity contribution in [3.05, 3.63) is 0 Å². The molecular formula is C14H26N4O2. The van der Waals surface area contributed by atoms with Crippen molar-refractivity contribution in [2.24, 2.45) is 5.92 Å². The quantitative estimate of drug-likeness (QED) is 0.693. The van der Waals surface area contributed by atoms with E-state index in [9.17, 15) is 9.59 Å². The maximum Gasteiger partial charge on any atom is 0.321 e. The fourth-order valence-corrected chi connectivity index (χ4v) is 3.25. The van der Waals surface area contributed by atoms with Crippen molar-refractivity contribution >= 4 is 11.9 Å². The lowest BCUT2D eigenvalue weighted by atomic mass is 9.90. The van der Waals surface area contributed by atoms with Crippen LogP contribution in [0.1, 0.15) is 32.6 Å². The molecule has 2 unspecified atom stereocenters. The first-order chi connectivity index (χ1) is 9.69. The first-order valence-electron chi connectivity index (χ1n) is 7.72. The van der Waals surface area contributed by atoms with Crippen molar-refractivity contribution in [2.75, 3.05) is 32.7 Å². The van der Waals surface area contributed by atoms with Gasteiger partial charge in [-0.1, -0.05) is 0 Å². The molecule has 0 aliphatic carbocycles. The highest BCUT2D eigenvalue weighted by Crippen LogP contribution is 2.24. The molecule has 2 fully saturated rings. The SMILES string of the molecule is CCNC(=O)NC(=O)CN1CCCC(C2CCCN2)C1. The largest absolute Gasteiger partial charge is 0.338 e. The summed E-state index contributed by atoms with van der Waals surface area (Å²) in [7, 11) is 0. The predicted octanol–water partition coefficient (Wildman–Crippen LogP) is 0.296. The number of imide groups is 1. The number of likely N-dealkylation sites (tertiary alicyclic amines) is 1. The number of rotatable bonds is 4. The van der Waals surface area contributed by atoms with E-state index >= 15 is 0 Å². The molecule has 0 spiro atoms. The van der Waals surface area contributed by atoms with Gasteiger partial charge in [-0.3, -0.25) is 15.0 Å². The molecule has 0 aromatic rings. The third-order valence-corrected chi connectivity index (χ3v) is 4.17. The average molecular weight is 282 g/mol. The summed E-state index contributed by atoms with van der Waals surface area (Å²) in [5.41, 5.74) is 0. The molecule has 3 amide bonds. The molecule has 2 saturated heterocycles. The normalized spacial score (nSPS) is 27.2. The summed E-state index contributed by atoms with van der Waals surface area (Å²) in [4.78, 5) is 25.3. The van der Waals surface area contributed by atoms with E-state index in [-0.39, 0.29) is 5.91 Å². The fourth-order valence-electron chi connectivity index (χ4n) is 3.25. The minimum atomic E-state index is -0.400. The zero-order valence-corrected chi connectivity index (χ0v) is 12.3. The molecule has 114 valence electrons. The molecule has 2 aliphatic rings. The van der Waals surface area contributed by atoms with Crippen molar-refractivity contribution in [1.82, 2.24) is 20.9 Å². The molecule has 2 atom stereocenters. The van der Waals surface area contributed by atoms with E-state index < -0.39 is 6.03 Å². The van der Waals surface area contributed by atoms with E-state index in [1.165, 1.54) is 19.3 Å². The van der Waals surface area contributed by atoms with Crippen molar-refractivity contribution in [1.29, 1.82) is 0 Å². The Morgan fingerprint density at radius 2 is 2.15 bits per heavy atom. The van der Waals surface area contributed by atoms with Crippen molar-refractivity contribution in [3.8, 4) is 0 Å². The summed E-state index contributed by atoms with van der Waals surface area (Å²) in [6, 6.07) is 0.216. The highest BCUT2D eigenvalue weighted by Gasteiger charge is 2.29. The number of amides is 3. The Morgan fingerprint density at radius 1 is 1.30 bits per heavy atom. The summed E-state index contributed by atoms with van der Waals surface area (Å²) in [5.74, 6) is 0.430. The van der Waals surface area contributed by atoms with Gasteiger partial charge in [0.15, 0.2) is 0 Å². The fraction of sp³-hybridized carbons (Fsp3) is 0.857. The van der Waals surface area contributed by atoms with Gasteiger partial charge in [0.25, 0.3) is 0 Å². The van der Waals surface area contributed by atoms with E-state index in [0.717, 1.165) is 26.1 Å². The van der Waals surface area contributed by atoms with Gasteiger partial charge in [-0.2, -0.15) is 0 Å². The second-order valence-corrected chi connectivity index (χ2v) is 5.75. The zero-order valence-electron chi connectivity index (χ0n) is 12.3. The van der Waals surface area contributed by atoms with Crippen molar-refractivity contribution in [2.45, 2.75) is 38.6 Å². The number of piperidine rings is 1. The number of hydrogen-bond donors (Lipinski definition) is 3. The standard InChI is InChI=1S/C14H26N4O2/c1-2-15-14(20)17-13(19)10-18-8-4-5-11(9-18)12-6-3-7-16-12/h11-12,16H,2-10H2,1H3,(H2,15,17,19,20). The molecule has 0 saturated carbocycles. The summed E-state index contributed by atoms with van der Waals surface area (Å²) >= 11 is 0. The molecule has 20 heavy (non-hydrogen) atoms. The van der Waals surface area contributed by atoms with E-state index in [0.29, 0.717) is 25.0 Å². The third kappa shape index (κ3) is 4.45. The number of carbonyl (C=O) groups is 2. The summed E-state index contributed by atoms with van der Waals surface area (Å²) < 4.78 is 0. The summed E-state index contributed by atoms with van der Waals surface area (Å²) in [6.07, 6.45) is 4.89. The van der Waals surface area contributed by atoms with Crippen LogP contribution < -0.4 is 16.0 Å². The maximum atomic E-state index is 11.8. The van der Waals surface area contributed by atoms with Crippen molar-refractivity contribution < 1.29 is 9.59 Å². The summed E-state index contributed by atoms with van der Waals surface area (Å²) in [5, 5.41) is 8.49. The van der Waals surface area contributed by atoms with Gasteiger partial charge < -0.3 is 10.6 Å². The molecule has 2 heterocycles. The van der Waals surface area contributed by atoms with Crippen LogP contribution in [0.5, 0.6) is 0 Å². The van der Waals surface area contributed by atoms with Gasteiger partial charge in [0.05, 0.1) is 6.54 Å². The van der Waals surface area contributed by atoms with Crippen LogP contribution in [0, 0.1) is 5.92 Å². The Morgan fingerprint density at radius 3 is 2.85 bits per heavy atom. The van der Waals surface area contributed by atoms with Crippen LogP contribution in [0.4, 0.5) is 4.79 Å². The molecule has 0 aromatic heterocycles. The highest BCUT2D eigenvalue weighted by atomic mass is 16.2. The first kappa shape index (κ1) is 15.3. The summed E-state index contributed by atoms with van der Waals surface area (Å²) in [6.45, 7) is 5.71. The van der Waals surface area contributed by atoms with Gasteiger partial charge in [0.1, 0.15) is 0 Å². The average Bonchev–Trinajstić information content (AvgIpc) is 2.92. The van der Waals surface area contributed by atoms with Crippen LogP contribution in [0.3, 0.4) is 0 Å². The number of nitrogens with one attached hydrogen (secondary N) is 3. The van der Waals surface area contributed by atoms with Gasteiger partial charge in [-0.25, -0.2) is 4.79 Å². The molecule has 2 aliphatic heterocycles. The van der Waals surface area contributed by atoms with E-state index in [4.69, 9.17) is 0 Å². The van der Waals surface area contributed by atoms with Crippen LogP contribution in [-0.4, -0.2) is 55.6 Å². The van der Waals surface area contributed by atoms with Crippen LogP contribution in [0.2, 0.25) is 0 Å². The molecular weight excluding hydrogens is 256 g/mol. The van der Waals surface area contributed by atoms with Crippen LogP contribution in [-0.2, 0) is 4.79 Å². The van der Waals surface area contributed by atoms with Gasteiger partial charge in [0.2, 0.25) is 5.91 Å². The van der Waals surface area contributed by atoms with Crippen LogP contribution in [0.15, 0.2) is 0 Å². The molecule has 2 rings (SSSR count). The lowest BCUT2D eigenvalue weighted by Crippen LogP contribution is -2.49. The Hall–Kier alpha value is -1.14. The Kier molecular flexibility index (Phi) is 5.79. The molecule has 6 heteroatoms. The lowest BCUT2D eigenvalue weighted by Gasteiger charge is -2.35. The predicted molar refractivity (Wildman–Crippen MR) is 77.4 cm³/mol. The van der Waals surface area contributed by atoms with Gasteiger partial charge in [-0.05, 0) is 51.6 Å². The number of urea groups is 1. The Labute approximate surface area is 120 Å². The minimum Gasteiger partial charge on any atom is -0.338 e. The van der Waals surface area contributed by atoms with Crippen molar-refractivity contribution in [3.63, 3.8) is 0 Å². The molecule has 6 nitrogen and oxygen atoms in total. The van der Waals surface area contributed by atoms with Gasteiger partial charge in [-0.15, -0.1) is 0 Å². The molecule has 0 bridgehead atoms. The van der Waals surface area contributed by atoms with Gasteiger partial charge >= 0.3 is 6.03 Å². The lowest BCUT2D eigenvalue weighted by molar-refractivity contribution is -0.121. The molecule has 3 N–H and O–H groups in total. The van der Waals surface area contributed by atoms with E-state index in [1.54, 1.807) is 0 Å². The molecule has 0 radical (unpaired) electrons. The molecule has 0 aromatic carbocycles. The minimum absolute atomic E-state index is 0.212. The number of hydrogen-bond acceptors (Lipinski definition) is 4. The highest BCUT2D eigenvalue weighted by molar-refractivity contribution is 5.95. The number of nitrogens with zero attached hydrogens (tertiary/aromatic N) is 1. The monoisotopic (exact) mass is 282 g/mol. The van der Waals surface area contributed by atoms with Crippen LogP contribution in [0.25, 0.3) is 0 Å². The Balaban J connectivity index is 1.74. The maximum absolute atomic E-state index is 11.8. The number of carbonyl (C=O) groups excluding carboxylic acids is 2. The smallest absolute Gasteiger partial charge is 0.321 e.